The Morgan fingerprint density at radius 3 is 2.91 bits per heavy atom. The third-order valence-electron chi connectivity index (χ3n) is 2.25. The quantitative estimate of drug-likeness (QED) is 0.639. The van der Waals surface area contributed by atoms with E-state index in [9.17, 15) is 0 Å². The highest BCUT2D eigenvalue weighted by Gasteiger charge is 2.24. The van der Waals surface area contributed by atoms with Crippen molar-refractivity contribution in [2.75, 3.05) is 13.7 Å². The van der Waals surface area contributed by atoms with Gasteiger partial charge in [0.05, 0.1) is 12.2 Å². The minimum absolute atomic E-state index is 0.168. The van der Waals surface area contributed by atoms with Crippen LogP contribution in [0.15, 0.2) is 0 Å². The van der Waals surface area contributed by atoms with E-state index in [1.165, 1.54) is 0 Å². The number of hydrogen-bond donors (Lipinski definition) is 1. The van der Waals surface area contributed by atoms with Crippen molar-refractivity contribution >= 4 is 0 Å². The smallest absolute Gasteiger partial charge is 0.0848 e. The molecule has 0 bridgehead atoms. The van der Waals surface area contributed by atoms with Gasteiger partial charge in [-0.05, 0) is 19.8 Å². The molecule has 11 heavy (non-hydrogen) atoms. The minimum Gasteiger partial charge on any atom is -0.379 e. The average Bonchev–Trinajstić information content (AvgIpc) is 2.03. The molecule has 1 aliphatic rings. The van der Waals surface area contributed by atoms with Crippen molar-refractivity contribution < 1.29 is 9.47 Å². The van der Waals surface area contributed by atoms with E-state index in [2.05, 4.69) is 0 Å². The Balaban J connectivity index is 2.33. The van der Waals surface area contributed by atoms with Gasteiger partial charge in [0.15, 0.2) is 0 Å². The predicted molar refractivity (Wildman–Crippen MR) is 43.4 cm³/mol. The van der Waals surface area contributed by atoms with Gasteiger partial charge in [-0.3, -0.25) is 0 Å². The van der Waals surface area contributed by atoms with Gasteiger partial charge < -0.3 is 15.2 Å². The van der Waals surface area contributed by atoms with Crippen LogP contribution in [-0.4, -0.2) is 32.0 Å². The van der Waals surface area contributed by atoms with Crippen LogP contribution in [-0.2, 0) is 9.47 Å². The van der Waals surface area contributed by atoms with Gasteiger partial charge >= 0.3 is 0 Å². The van der Waals surface area contributed by atoms with Gasteiger partial charge in [0, 0.05) is 19.8 Å². The molecule has 0 aliphatic carbocycles. The van der Waals surface area contributed by atoms with Gasteiger partial charge in [-0.25, -0.2) is 0 Å². The molecule has 66 valence electrons. The van der Waals surface area contributed by atoms with Gasteiger partial charge in [-0.1, -0.05) is 0 Å². The number of hydrogen-bond acceptors (Lipinski definition) is 3. The molecule has 1 rings (SSSR count). The normalized spacial score (nSPS) is 35.2. The molecule has 3 heteroatoms. The number of nitrogens with two attached hydrogens (primary N) is 1. The van der Waals surface area contributed by atoms with Crippen molar-refractivity contribution in [2.24, 2.45) is 5.73 Å². The second kappa shape index (κ2) is 4.04. The molecule has 2 N–H and O–H groups in total. The fourth-order valence-electron chi connectivity index (χ4n) is 1.33. The summed E-state index contributed by atoms with van der Waals surface area (Å²) >= 11 is 0. The molecule has 3 atom stereocenters. The number of rotatable bonds is 2. The van der Waals surface area contributed by atoms with Crippen LogP contribution < -0.4 is 5.73 Å². The number of ether oxygens (including phenoxy) is 2. The maximum absolute atomic E-state index is 5.78. The van der Waals surface area contributed by atoms with Crippen molar-refractivity contribution in [2.45, 2.75) is 38.0 Å². The highest BCUT2D eigenvalue weighted by molar-refractivity contribution is 4.77. The molecule has 3 unspecified atom stereocenters. The molecule has 1 aliphatic heterocycles. The molecule has 0 aromatic heterocycles. The van der Waals surface area contributed by atoms with Crippen LogP contribution >= 0.6 is 0 Å². The lowest BCUT2D eigenvalue weighted by molar-refractivity contribution is -0.0744. The van der Waals surface area contributed by atoms with Gasteiger partial charge in [-0.2, -0.15) is 0 Å². The zero-order chi connectivity index (χ0) is 8.27. The van der Waals surface area contributed by atoms with Crippen molar-refractivity contribution in [3.05, 3.63) is 0 Å². The zero-order valence-electron chi connectivity index (χ0n) is 7.25. The first kappa shape index (κ1) is 8.97. The predicted octanol–water partition coefficient (Wildman–Crippen LogP) is 0.528. The second-order valence-electron chi connectivity index (χ2n) is 3.13. The van der Waals surface area contributed by atoms with Crippen LogP contribution in [0.25, 0.3) is 0 Å². The molecule has 0 spiro atoms. The molecular weight excluding hydrogens is 142 g/mol. The van der Waals surface area contributed by atoms with Crippen molar-refractivity contribution in [3.8, 4) is 0 Å². The van der Waals surface area contributed by atoms with Crippen LogP contribution in [0, 0.1) is 0 Å². The lowest BCUT2D eigenvalue weighted by atomic mass is 10.0. The van der Waals surface area contributed by atoms with E-state index in [1.54, 1.807) is 7.11 Å². The summed E-state index contributed by atoms with van der Waals surface area (Å²) in [6, 6.07) is 0.298. The first-order valence-corrected chi connectivity index (χ1v) is 4.14. The monoisotopic (exact) mass is 159 g/mol. The van der Waals surface area contributed by atoms with Crippen LogP contribution in [0.4, 0.5) is 0 Å². The van der Waals surface area contributed by atoms with Gasteiger partial charge in [0.25, 0.3) is 0 Å². The van der Waals surface area contributed by atoms with Crippen molar-refractivity contribution in [1.29, 1.82) is 0 Å². The largest absolute Gasteiger partial charge is 0.379 e. The summed E-state index contributed by atoms with van der Waals surface area (Å²) in [4.78, 5) is 0. The van der Waals surface area contributed by atoms with Crippen LogP contribution in [0.3, 0.4) is 0 Å². The topological polar surface area (TPSA) is 44.5 Å². The van der Waals surface area contributed by atoms with Crippen LogP contribution in [0.2, 0.25) is 0 Å². The fraction of sp³-hybridized carbons (Fsp3) is 1.00. The fourth-order valence-corrected chi connectivity index (χ4v) is 1.33. The minimum atomic E-state index is 0.168. The molecule has 1 saturated heterocycles. The Hall–Kier alpha value is -0.120. The summed E-state index contributed by atoms with van der Waals surface area (Å²) < 4.78 is 10.7. The van der Waals surface area contributed by atoms with E-state index in [-0.39, 0.29) is 12.2 Å². The molecule has 0 aromatic rings. The van der Waals surface area contributed by atoms with E-state index in [0.29, 0.717) is 6.04 Å². The van der Waals surface area contributed by atoms with Gasteiger partial charge in [-0.15, -0.1) is 0 Å². The molecule has 0 aromatic carbocycles. The third kappa shape index (κ3) is 2.43. The summed E-state index contributed by atoms with van der Waals surface area (Å²) in [7, 11) is 1.70. The van der Waals surface area contributed by atoms with Gasteiger partial charge in [0.2, 0.25) is 0 Å². The SMILES string of the molecule is COC(C)C1CC(N)CCO1. The van der Waals surface area contributed by atoms with E-state index < -0.39 is 0 Å². The molecule has 0 amide bonds. The average molecular weight is 159 g/mol. The summed E-state index contributed by atoms with van der Waals surface area (Å²) in [5.41, 5.74) is 5.78. The van der Waals surface area contributed by atoms with E-state index in [4.69, 9.17) is 15.2 Å². The Bertz CT molecular complexity index is 119. The number of methoxy groups -OCH3 is 1. The van der Waals surface area contributed by atoms with Crippen molar-refractivity contribution in [3.63, 3.8) is 0 Å². The summed E-state index contributed by atoms with van der Waals surface area (Å²) in [6.07, 6.45) is 2.27. The van der Waals surface area contributed by atoms with Crippen LogP contribution in [0.1, 0.15) is 19.8 Å². The highest BCUT2D eigenvalue weighted by Crippen LogP contribution is 2.16. The first-order valence-electron chi connectivity index (χ1n) is 4.14. The standard InChI is InChI=1S/C8H17NO2/c1-6(10-2)8-5-7(9)3-4-11-8/h6-8H,3-5,9H2,1-2H3. The Morgan fingerprint density at radius 2 is 2.36 bits per heavy atom. The molecule has 1 fully saturated rings. The van der Waals surface area contributed by atoms with E-state index in [0.717, 1.165) is 19.4 Å². The summed E-state index contributed by atoms with van der Waals surface area (Å²) in [6.45, 7) is 2.79. The molecular formula is C8H17NO2. The van der Waals surface area contributed by atoms with E-state index >= 15 is 0 Å². The first-order chi connectivity index (χ1) is 5.24. The van der Waals surface area contributed by atoms with Crippen LogP contribution in [0.5, 0.6) is 0 Å². The zero-order valence-corrected chi connectivity index (χ0v) is 7.25. The maximum atomic E-state index is 5.78. The summed E-state index contributed by atoms with van der Waals surface area (Å²) in [5, 5.41) is 0. The third-order valence-corrected chi connectivity index (χ3v) is 2.25. The molecule has 3 nitrogen and oxygen atoms in total. The molecule has 0 saturated carbocycles. The van der Waals surface area contributed by atoms with Crippen molar-refractivity contribution in [1.82, 2.24) is 0 Å². The Labute approximate surface area is 67.9 Å². The maximum Gasteiger partial charge on any atom is 0.0848 e. The Morgan fingerprint density at radius 1 is 1.64 bits per heavy atom. The lowest BCUT2D eigenvalue weighted by Crippen LogP contribution is -2.40. The molecule has 1 heterocycles. The van der Waals surface area contributed by atoms with E-state index in [1.807, 2.05) is 6.92 Å². The summed E-state index contributed by atoms with van der Waals surface area (Å²) in [5.74, 6) is 0. The Kier molecular flexibility index (Phi) is 3.30. The molecule has 0 radical (unpaired) electrons. The lowest BCUT2D eigenvalue weighted by Gasteiger charge is -2.30. The second-order valence-corrected chi connectivity index (χ2v) is 3.13. The highest BCUT2D eigenvalue weighted by atomic mass is 16.5. The van der Waals surface area contributed by atoms with Gasteiger partial charge in [0.1, 0.15) is 0 Å².